The van der Waals surface area contributed by atoms with Gasteiger partial charge < -0.3 is 20.5 Å². The van der Waals surface area contributed by atoms with Crippen molar-refractivity contribution in [2.24, 2.45) is 4.99 Å². The minimum absolute atomic E-state index is 0. The number of hydrogen-bond acceptors (Lipinski definition) is 3. The predicted octanol–water partition coefficient (Wildman–Crippen LogP) is 3.63. The number of aliphatic imine (C=N–C) groups is 1. The molecule has 0 bridgehead atoms. The lowest BCUT2D eigenvalue weighted by Crippen LogP contribution is -2.38. The van der Waals surface area contributed by atoms with E-state index in [1.54, 1.807) is 13.2 Å². The standard InChI is InChI=1S/C20H27N3O2.HI/c1-4-21-20(23-14-16-7-5-15(2)6-8-16)22-12-11-17-9-10-18(25-3)13-19(17)24;/h5-10,13,24H,4,11-12,14H2,1-3H3,(H2,21,22,23);1H. The SMILES string of the molecule is CCNC(=NCc1ccc(C)cc1)NCCc1ccc(OC)cc1O.I. The summed E-state index contributed by atoms with van der Waals surface area (Å²) < 4.78 is 5.10. The maximum absolute atomic E-state index is 10.0. The highest BCUT2D eigenvalue weighted by atomic mass is 127. The normalized spacial score (nSPS) is 10.8. The number of aryl methyl sites for hydroxylation is 1. The van der Waals surface area contributed by atoms with Crippen molar-refractivity contribution in [3.63, 3.8) is 0 Å². The van der Waals surface area contributed by atoms with E-state index >= 15 is 0 Å². The third kappa shape index (κ3) is 7.11. The molecule has 0 saturated carbocycles. The minimum Gasteiger partial charge on any atom is -0.508 e. The first-order chi connectivity index (χ1) is 12.1. The summed E-state index contributed by atoms with van der Waals surface area (Å²) in [5.74, 6) is 1.68. The number of nitrogens with zero attached hydrogens (tertiary/aromatic N) is 1. The van der Waals surface area contributed by atoms with E-state index < -0.39 is 0 Å². The van der Waals surface area contributed by atoms with Gasteiger partial charge >= 0.3 is 0 Å². The van der Waals surface area contributed by atoms with Crippen molar-refractivity contribution in [3.8, 4) is 11.5 Å². The second-order valence-corrected chi connectivity index (χ2v) is 5.85. The summed E-state index contributed by atoms with van der Waals surface area (Å²) in [4.78, 5) is 4.61. The van der Waals surface area contributed by atoms with Crippen LogP contribution in [-0.4, -0.2) is 31.3 Å². The van der Waals surface area contributed by atoms with Crippen LogP contribution in [0.25, 0.3) is 0 Å². The number of phenols is 1. The number of guanidine groups is 1. The van der Waals surface area contributed by atoms with E-state index in [2.05, 4.69) is 46.8 Å². The Balaban J connectivity index is 0.00000338. The molecular weight excluding hydrogens is 441 g/mol. The molecule has 0 aromatic heterocycles. The molecule has 2 rings (SSSR count). The van der Waals surface area contributed by atoms with Crippen molar-refractivity contribution < 1.29 is 9.84 Å². The molecule has 2 aromatic rings. The molecule has 26 heavy (non-hydrogen) atoms. The maximum atomic E-state index is 10.0. The van der Waals surface area contributed by atoms with E-state index in [0.717, 1.165) is 18.1 Å². The van der Waals surface area contributed by atoms with Gasteiger partial charge in [-0.05, 0) is 37.5 Å². The van der Waals surface area contributed by atoms with Crippen LogP contribution in [0.15, 0.2) is 47.5 Å². The fourth-order valence-electron chi connectivity index (χ4n) is 2.40. The van der Waals surface area contributed by atoms with E-state index in [1.165, 1.54) is 11.1 Å². The minimum atomic E-state index is 0. The van der Waals surface area contributed by atoms with E-state index in [9.17, 15) is 5.11 Å². The summed E-state index contributed by atoms with van der Waals surface area (Å²) in [6.07, 6.45) is 0.699. The molecule has 142 valence electrons. The lowest BCUT2D eigenvalue weighted by atomic mass is 10.1. The molecule has 0 aliphatic rings. The first kappa shape index (κ1) is 22.1. The molecule has 0 aliphatic carbocycles. The van der Waals surface area contributed by atoms with E-state index in [0.29, 0.717) is 25.3 Å². The van der Waals surface area contributed by atoms with Crippen molar-refractivity contribution in [2.45, 2.75) is 26.8 Å². The Bertz CT molecular complexity index is 703. The highest BCUT2D eigenvalue weighted by Gasteiger charge is 2.04. The molecule has 0 unspecified atom stereocenters. The third-order valence-corrected chi connectivity index (χ3v) is 3.86. The van der Waals surface area contributed by atoms with Gasteiger partial charge in [0.2, 0.25) is 0 Å². The Kier molecular flexibility index (Phi) is 9.87. The number of methoxy groups -OCH3 is 1. The van der Waals surface area contributed by atoms with Crippen molar-refractivity contribution in [1.29, 1.82) is 0 Å². The van der Waals surface area contributed by atoms with Gasteiger partial charge in [-0.1, -0.05) is 35.9 Å². The monoisotopic (exact) mass is 469 g/mol. The molecule has 0 aliphatic heterocycles. The second-order valence-electron chi connectivity index (χ2n) is 5.85. The maximum Gasteiger partial charge on any atom is 0.191 e. The van der Waals surface area contributed by atoms with Crippen LogP contribution in [0.2, 0.25) is 0 Å². The van der Waals surface area contributed by atoms with Crippen LogP contribution in [0.5, 0.6) is 11.5 Å². The smallest absolute Gasteiger partial charge is 0.191 e. The van der Waals surface area contributed by atoms with Crippen LogP contribution >= 0.6 is 24.0 Å². The van der Waals surface area contributed by atoms with Gasteiger partial charge in [0.1, 0.15) is 11.5 Å². The molecular formula is C20H28IN3O2. The fraction of sp³-hybridized carbons (Fsp3) is 0.350. The van der Waals surface area contributed by atoms with Crippen molar-refractivity contribution in [1.82, 2.24) is 10.6 Å². The van der Waals surface area contributed by atoms with Crippen LogP contribution in [-0.2, 0) is 13.0 Å². The lowest BCUT2D eigenvalue weighted by molar-refractivity contribution is 0.406. The second kappa shape index (κ2) is 11.6. The van der Waals surface area contributed by atoms with E-state index in [4.69, 9.17) is 4.74 Å². The molecule has 3 N–H and O–H groups in total. The quantitative estimate of drug-likeness (QED) is 0.329. The molecule has 0 spiro atoms. The zero-order valence-electron chi connectivity index (χ0n) is 15.6. The molecule has 0 radical (unpaired) electrons. The molecule has 0 saturated heterocycles. The summed E-state index contributed by atoms with van der Waals surface area (Å²) in [5.41, 5.74) is 3.30. The van der Waals surface area contributed by atoms with Crippen LogP contribution in [0.4, 0.5) is 0 Å². The molecule has 6 heteroatoms. The molecule has 5 nitrogen and oxygen atoms in total. The first-order valence-electron chi connectivity index (χ1n) is 8.56. The Morgan fingerprint density at radius 3 is 2.46 bits per heavy atom. The van der Waals surface area contributed by atoms with Crippen molar-refractivity contribution in [3.05, 3.63) is 59.2 Å². The number of aromatic hydroxyl groups is 1. The van der Waals surface area contributed by atoms with Gasteiger partial charge in [-0.15, -0.1) is 24.0 Å². The Morgan fingerprint density at radius 2 is 1.85 bits per heavy atom. The van der Waals surface area contributed by atoms with Gasteiger partial charge in [0.15, 0.2) is 5.96 Å². The van der Waals surface area contributed by atoms with Crippen LogP contribution in [0.3, 0.4) is 0 Å². The predicted molar refractivity (Wildman–Crippen MR) is 118 cm³/mol. The molecule has 0 amide bonds. The fourth-order valence-corrected chi connectivity index (χ4v) is 2.40. The summed E-state index contributed by atoms with van der Waals surface area (Å²) in [7, 11) is 1.59. The molecule has 0 heterocycles. The number of rotatable bonds is 7. The summed E-state index contributed by atoms with van der Waals surface area (Å²) >= 11 is 0. The highest BCUT2D eigenvalue weighted by molar-refractivity contribution is 14.0. The summed E-state index contributed by atoms with van der Waals surface area (Å²) in [5, 5.41) is 16.6. The van der Waals surface area contributed by atoms with Crippen LogP contribution in [0, 0.1) is 6.92 Å². The number of nitrogens with one attached hydrogen (secondary N) is 2. The Hall–Kier alpha value is -1.96. The third-order valence-electron chi connectivity index (χ3n) is 3.86. The lowest BCUT2D eigenvalue weighted by Gasteiger charge is -2.12. The Morgan fingerprint density at radius 1 is 1.12 bits per heavy atom. The summed E-state index contributed by atoms with van der Waals surface area (Å²) in [6.45, 7) is 6.22. The zero-order valence-corrected chi connectivity index (χ0v) is 17.9. The zero-order chi connectivity index (χ0) is 18.1. The van der Waals surface area contributed by atoms with Crippen LogP contribution < -0.4 is 15.4 Å². The topological polar surface area (TPSA) is 65.9 Å². The van der Waals surface area contributed by atoms with Gasteiger partial charge in [0.25, 0.3) is 0 Å². The van der Waals surface area contributed by atoms with Gasteiger partial charge in [0.05, 0.1) is 13.7 Å². The van der Waals surface area contributed by atoms with E-state index in [-0.39, 0.29) is 29.7 Å². The van der Waals surface area contributed by atoms with Gasteiger partial charge in [-0.3, -0.25) is 0 Å². The Labute approximate surface area is 172 Å². The van der Waals surface area contributed by atoms with Crippen molar-refractivity contribution >= 4 is 29.9 Å². The summed E-state index contributed by atoms with van der Waals surface area (Å²) in [6, 6.07) is 13.7. The van der Waals surface area contributed by atoms with Crippen LogP contribution in [0.1, 0.15) is 23.6 Å². The number of phenolic OH excluding ortho intramolecular Hbond substituents is 1. The average molecular weight is 469 g/mol. The molecule has 0 fully saturated rings. The first-order valence-corrected chi connectivity index (χ1v) is 8.56. The van der Waals surface area contributed by atoms with Gasteiger partial charge in [-0.2, -0.15) is 0 Å². The largest absolute Gasteiger partial charge is 0.508 e. The number of benzene rings is 2. The van der Waals surface area contributed by atoms with Crippen molar-refractivity contribution in [2.75, 3.05) is 20.2 Å². The number of hydrogen-bond donors (Lipinski definition) is 3. The van der Waals surface area contributed by atoms with Gasteiger partial charge in [-0.25, -0.2) is 4.99 Å². The highest BCUT2D eigenvalue weighted by Crippen LogP contribution is 2.23. The number of ether oxygens (including phenoxy) is 1. The molecule has 0 atom stereocenters. The number of halogens is 1. The molecule has 2 aromatic carbocycles. The average Bonchev–Trinajstić information content (AvgIpc) is 2.62. The van der Waals surface area contributed by atoms with E-state index in [1.807, 2.05) is 19.1 Å². The van der Waals surface area contributed by atoms with Gasteiger partial charge in [0, 0.05) is 19.2 Å².